The molecule has 0 aliphatic rings. The summed E-state index contributed by atoms with van der Waals surface area (Å²) in [4.78, 5) is 0. The first-order chi connectivity index (χ1) is 11.2. The Bertz CT molecular complexity index is 901. The van der Waals surface area contributed by atoms with Crippen molar-refractivity contribution in [2.75, 3.05) is 0 Å². The van der Waals surface area contributed by atoms with E-state index in [4.69, 9.17) is 0 Å². The molecule has 6 heteroatoms. The molecule has 0 aromatic carbocycles. The minimum Gasteiger partial charge on any atom is -0.286 e. The van der Waals surface area contributed by atoms with E-state index < -0.39 is 0 Å². The lowest BCUT2D eigenvalue weighted by atomic mass is 10.2. The van der Waals surface area contributed by atoms with E-state index >= 15 is 0 Å². The summed E-state index contributed by atoms with van der Waals surface area (Å²) in [5.41, 5.74) is 4.20. The maximum absolute atomic E-state index is 4.30. The Morgan fingerprint density at radius 1 is 0.739 bits per heavy atom. The predicted molar refractivity (Wildman–Crippen MR) is 87.5 cm³/mol. The zero-order valence-corrected chi connectivity index (χ0v) is 13.3. The van der Waals surface area contributed by atoms with Gasteiger partial charge in [0.05, 0.1) is 0 Å². The molecule has 4 heterocycles. The molecule has 0 bridgehead atoms. The summed E-state index contributed by atoms with van der Waals surface area (Å²) >= 11 is 0. The van der Waals surface area contributed by atoms with Gasteiger partial charge >= 0.3 is 0 Å². The van der Waals surface area contributed by atoms with Gasteiger partial charge in [0.1, 0.15) is 11.6 Å². The van der Waals surface area contributed by atoms with E-state index in [0.717, 1.165) is 42.2 Å². The summed E-state index contributed by atoms with van der Waals surface area (Å²) in [5, 5.41) is 17.1. The highest BCUT2D eigenvalue weighted by Crippen LogP contribution is 2.11. The van der Waals surface area contributed by atoms with Crippen LogP contribution in [0.5, 0.6) is 0 Å². The topological polar surface area (TPSA) is 60.4 Å². The smallest absolute Gasteiger partial charge is 0.161 e. The van der Waals surface area contributed by atoms with Crippen LogP contribution in [0.2, 0.25) is 0 Å². The summed E-state index contributed by atoms with van der Waals surface area (Å²) in [6, 6.07) is 8.25. The molecule has 0 N–H and O–H groups in total. The van der Waals surface area contributed by atoms with Gasteiger partial charge in [0, 0.05) is 25.2 Å². The van der Waals surface area contributed by atoms with Gasteiger partial charge in [-0.2, -0.15) is 0 Å². The molecule has 0 atom stereocenters. The van der Waals surface area contributed by atoms with E-state index in [1.165, 1.54) is 11.1 Å². The number of nitrogens with zero attached hydrogens (tertiary/aromatic N) is 6. The third-order valence-electron chi connectivity index (χ3n) is 4.07. The van der Waals surface area contributed by atoms with Crippen molar-refractivity contribution in [3.05, 3.63) is 59.4 Å². The van der Waals surface area contributed by atoms with Crippen molar-refractivity contribution < 1.29 is 0 Å². The van der Waals surface area contributed by atoms with E-state index in [-0.39, 0.29) is 0 Å². The van der Waals surface area contributed by atoms with Crippen LogP contribution in [0, 0.1) is 13.8 Å². The lowest BCUT2D eigenvalue weighted by Crippen LogP contribution is -2.00. The highest BCUT2D eigenvalue weighted by molar-refractivity contribution is 5.41. The fourth-order valence-electron chi connectivity index (χ4n) is 2.83. The van der Waals surface area contributed by atoms with Crippen molar-refractivity contribution in [3.63, 3.8) is 0 Å². The van der Waals surface area contributed by atoms with Crippen LogP contribution in [0.15, 0.2) is 36.7 Å². The van der Waals surface area contributed by atoms with Gasteiger partial charge in [-0.15, -0.1) is 20.4 Å². The lowest BCUT2D eigenvalue weighted by Gasteiger charge is -2.01. The minimum absolute atomic E-state index is 0.866. The summed E-state index contributed by atoms with van der Waals surface area (Å²) in [6.45, 7) is 4.12. The third-order valence-corrected chi connectivity index (χ3v) is 4.07. The predicted octanol–water partition coefficient (Wildman–Crippen LogP) is 2.56. The largest absolute Gasteiger partial charge is 0.286 e. The van der Waals surface area contributed by atoms with Crippen LogP contribution < -0.4 is 0 Å². The molecular formula is C17H18N6. The first-order valence-electron chi connectivity index (χ1n) is 7.81. The molecular weight excluding hydrogens is 288 g/mol. The molecule has 0 saturated carbocycles. The number of rotatable bonds is 4. The lowest BCUT2D eigenvalue weighted by molar-refractivity contribution is 0.724. The average molecular weight is 306 g/mol. The van der Waals surface area contributed by atoms with Crippen LogP contribution in [0.1, 0.15) is 29.2 Å². The van der Waals surface area contributed by atoms with Crippen molar-refractivity contribution in [2.24, 2.45) is 0 Å². The molecule has 4 aromatic heterocycles. The number of hydrogen-bond donors (Lipinski definition) is 0. The quantitative estimate of drug-likeness (QED) is 0.581. The maximum atomic E-state index is 4.30. The first-order valence-corrected chi connectivity index (χ1v) is 7.81. The molecule has 0 aliphatic carbocycles. The first kappa shape index (κ1) is 13.9. The molecule has 4 aromatic rings. The van der Waals surface area contributed by atoms with Crippen molar-refractivity contribution in [1.29, 1.82) is 0 Å². The van der Waals surface area contributed by atoms with Crippen LogP contribution in [0.3, 0.4) is 0 Å². The zero-order valence-electron chi connectivity index (χ0n) is 13.3. The van der Waals surface area contributed by atoms with Crippen molar-refractivity contribution >= 4 is 11.3 Å². The third kappa shape index (κ3) is 2.56. The van der Waals surface area contributed by atoms with E-state index in [1.807, 2.05) is 24.5 Å². The van der Waals surface area contributed by atoms with E-state index in [9.17, 15) is 0 Å². The molecule has 4 rings (SSSR count). The van der Waals surface area contributed by atoms with Gasteiger partial charge in [-0.3, -0.25) is 8.80 Å². The van der Waals surface area contributed by atoms with Crippen molar-refractivity contribution in [3.8, 4) is 0 Å². The van der Waals surface area contributed by atoms with Gasteiger partial charge in [-0.05, 0) is 55.7 Å². The Hall–Kier alpha value is -2.76. The SMILES string of the molecule is Cc1ccn2c(CCCc3nnc4cc(C)ccn34)nnc2c1. The Morgan fingerprint density at radius 2 is 1.22 bits per heavy atom. The summed E-state index contributed by atoms with van der Waals surface area (Å²) in [5.74, 6) is 1.98. The van der Waals surface area contributed by atoms with Crippen LogP contribution in [-0.2, 0) is 12.8 Å². The number of aromatic nitrogens is 6. The van der Waals surface area contributed by atoms with E-state index in [2.05, 4.69) is 55.2 Å². The summed E-state index contributed by atoms with van der Waals surface area (Å²) < 4.78 is 4.11. The molecule has 0 radical (unpaired) electrons. The molecule has 0 aliphatic heterocycles. The van der Waals surface area contributed by atoms with Crippen molar-refractivity contribution in [1.82, 2.24) is 29.2 Å². The number of fused-ring (bicyclic) bond motifs is 2. The summed E-state index contributed by atoms with van der Waals surface area (Å²) in [7, 11) is 0. The second kappa shape index (κ2) is 5.46. The normalized spacial score (nSPS) is 11.6. The van der Waals surface area contributed by atoms with E-state index in [1.54, 1.807) is 0 Å². The monoisotopic (exact) mass is 306 g/mol. The Kier molecular flexibility index (Phi) is 3.29. The maximum Gasteiger partial charge on any atom is 0.161 e. The minimum atomic E-state index is 0.866. The fraction of sp³-hybridized carbons (Fsp3) is 0.294. The van der Waals surface area contributed by atoms with Crippen LogP contribution in [0.25, 0.3) is 11.3 Å². The zero-order chi connectivity index (χ0) is 15.8. The molecule has 0 amide bonds. The number of aryl methyl sites for hydroxylation is 4. The standard InChI is InChI=1S/C17H18N6/c1-12-6-8-22-14(18-20-16(22)10-12)4-3-5-15-19-21-17-11-13(2)7-9-23(15)17/h6-11H,3-5H2,1-2H3. The number of pyridine rings is 2. The van der Waals surface area contributed by atoms with Crippen LogP contribution in [0.4, 0.5) is 0 Å². The molecule has 0 fully saturated rings. The second-order valence-electron chi connectivity index (χ2n) is 5.95. The number of hydrogen-bond acceptors (Lipinski definition) is 4. The molecule has 0 spiro atoms. The van der Waals surface area contributed by atoms with Gasteiger partial charge in [0.25, 0.3) is 0 Å². The van der Waals surface area contributed by atoms with E-state index in [0.29, 0.717) is 0 Å². The molecule has 6 nitrogen and oxygen atoms in total. The molecule has 0 saturated heterocycles. The van der Waals surface area contributed by atoms with Gasteiger partial charge in [-0.25, -0.2) is 0 Å². The van der Waals surface area contributed by atoms with Gasteiger partial charge in [-0.1, -0.05) is 0 Å². The Morgan fingerprint density at radius 3 is 1.70 bits per heavy atom. The van der Waals surface area contributed by atoms with Gasteiger partial charge in [0.15, 0.2) is 11.3 Å². The van der Waals surface area contributed by atoms with Gasteiger partial charge in [0.2, 0.25) is 0 Å². The fourth-order valence-corrected chi connectivity index (χ4v) is 2.83. The highest BCUT2D eigenvalue weighted by Gasteiger charge is 2.08. The second-order valence-corrected chi connectivity index (χ2v) is 5.95. The molecule has 116 valence electrons. The molecule has 0 unspecified atom stereocenters. The van der Waals surface area contributed by atoms with Crippen LogP contribution >= 0.6 is 0 Å². The van der Waals surface area contributed by atoms with Gasteiger partial charge < -0.3 is 0 Å². The van der Waals surface area contributed by atoms with Crippen molar-refractivity contribution in [2.45, 2.75) is 33.1 Å². The Labute approximate surface area is 133 Å². The summed E-state index contributed by atoms with van der Waals surface area (Å²) in [6.07, 6.45) is 6.77. The average Bonchev–Trinajstić information content (AvgIpc) is 3.11. The van der Waals surface area contributed by atoms with Crippen LogP contribution in [-0.4, -0.2) is 29.2 Å². The molecule has 23 heavy (non-hydrogen) atoms. The highest BCUT2D eigenvalue weighted by atomic mass is 15.3. The Balaban J connectivity index is 1.50.